The minimum absolute atomic E-state index is 0.0697. The second-order valence-corrected chi connectivity index (χ2v) is 12.6. The lowest BCUT2D eigenvalue weighted by atomic mass is 9.92. The van der Waals surface area contributed by atoms with Gasteiger partial charge < -0.3 is 26.0 Å². The number of aryl methyl sites for hydroxylation is 1. The summed E-state index contributed by atoms with van der Waals surface area (Å²) < 4.78 is 7.61. The van der Waals surface area contributed by atoms with Crippen LogP contribution >= 0.6 is 0 Å². The van der Waals surface area contributed by atoms with E-state index in [-0.39, 0.29) is 36.8 Å². The zero-order valence-electron chi connectivity index (χ0n) is 26.7. The fourth-order valence-electron chi connectivity index (χ4n) is 5.64. The van der Waals surface area contributed by atoms with Crippen molar-refractivity contribution in [3.05, 3.63) is 96.3 Å². The first-order chi connectivity index (χ1) is 22.2. The Morgan fingerprint density at radius 2 is 1.70 bits per heavy atom. The van der Waals surface area contributed by atoms with Gasteiger partial charge in [-0.3, -0.25) is 19.1 Å². The monoisotopic (exact) mass is 624 g/mol. The third-order valence-electron chi connectivity index (χ3n) is 8.33. The Balaban J connectivity index is 1.23. The number of anilines is 1. The van der Waals surface area contributed by atoms with Crippen LogP contribution < -0.4 is 16.4 Å². The van der Waals surface area contributed by atoms with Gasteiger partial charge in [0, 0.05) is 32.4 Å². The maximum atomic E-state index is 13.7. The lowest BCUT2D eigenvalue weighted by Gasteiger charge is -2.24. The predicted octanol–water partition coefficient (Wildman–Crippen LogP) is 4.46. The average Bonchev–Trinajstić information content (AvgIpc) is 3.75. The Kier molecular flexibility index (Phi) is 10.8. The fourth-order valence-corrected chi connectivity index (χ4v) is 5.64. The number of amides is 3. The molecule has 0 spiro atoms. The van der Waals surface area contributed by atoms with E-state index in [2.05, 4.69) is 46.1 Å². The van der Waals surface area contributed by atoms with Crippen LogP contribution in [0.5, 0.6) is 0 Å². The van der Waals surface area contributed by atoms with Gasteiger partial charge in [0.1, 0.15) is 0 Å². The summed E-state index contributed by atoms with van der Waals surface area (Å²) in [5.41, 5.74) is 7.36. The summed E-state index contributed by atoms with van der Waals surface area (Å²) in [5.74, 6) is -1.47. The minimum Gasteiger partial charge on any atom is -0.376 e. The molecule has 0 radical (unpaired) electrons. The van der Waals surface area contributed by atoms with Gasteiger partial charge in [-0.05, 0) is 55.0 Å². The smallest absolute Gasteiger partial charge is 0.239 e. The molecule has 4 aromatic rings. The molecular formula is C36H44N6O4. The summed E-state index contributed by atoms with van der Waals surface area (Å²) in [6, 6.07) is 24.1. The lowest BCUT2D eigenvalue weighted by Crippen LogP contribution is -2.51. The largest absolute Gasteiger partial charge is 0.376 e. The highest BCUT2D eigenvalue weighted by atomic mass is 16.5. The maximum Gasteiger partial charge on any atom is 0.239 e. The quantitative estimate of drug-likeness (QED) is 0.190. The van der Waals surface area contributed by atoms with Crippen molar-refractivity contribution < 1.29 is 19.1 Å². The van der Waals surface area contributed by atoms with Crippen molar-refractivity contribution >= 4 is 34.2 Å². The van der Waals surface area contributed by atoms with Gasteiger partial charge in [0.15, 0.2) is 0 Å². The molecule has 1 aromatic heterocycles. The minimum atomic E-state index is -1.08. The first-order valence-corrected chi connectivity index (χ1v) is 16.0. The maximum absolute atomic E-state index is 13.7. The summed E-state index contributed by atoms with van der Waals surface area (Å²) in [6.07, 6.45) is 5.99. The van der Waals surface area contributed by atoms with Crippen LogP contribution in [0.15, 0.2) is 85.2 Å². The number of carbonyl (C=O) groups excluding carboxylic acids is 3. The summed E-state index contributed by atoms with van der Waals surface area (Å²) in [5, 5.41) is 12.4. The molecular weight excluding hydrogens is 580 g/mol. The van der Waals surface area contributed by atoms with Gasteiger partial charge >= 0.3 is 0 Å². The van der Waals surface area contributed by atoms with Crippen LogP contribution in [-0.4, -0.2) is 64.2 Å². The van der Waals surface area contributed by atoms with E-state index < -0.39 is 11.5 Å². The zero-order valence-corrected chi connectivity index (χ0v) is 26.7. The molecule has 2 heterocycles. The molecule has 46 heavy (non-hydrogen) atoms. The third kappa shape index (κ3) is 8.80. The van der Waals surface area contributed by atoms with Gasteiger partial charge in [0.25, 0.3) is 0 Å². The number of nitrogens with one attached hydrogen (secondary N) is 2. The third-order valence-corrected chi connectivity index (χ3v) is 8.33. The first-order valence-electron chi connectivity index (χ1n) is 16.0. The van der Waals surface area contributed by atoms with Crippen molar-refractivity contribution in [2.24, 2.45) is 11.7 Å². The van der Waals surface area contributed by atoms with Gasteiger partial charge in [0.05, 0.1) is 42.5 Å². The van der Waals surface area contributed by atoms with Crippen LogP contribution in [0.3, 0.4) is 0 Å². The van der Waals surface area contributed by atoms with E-state index in [0.717, 1.165) is 47.8 Å². The van der Waals surface area contributed by atoms with Crippen molar-refractivity contribution in [3.8, 4) is 0 Å². The standard InChI is InChI=1S/C36H44N6O4/c1-36(2,37)35(45)38-21-30(25-46-24-26-10-4-3-5-11-26)33(43)40-31-22-39-42(23-31)19-16-32(34(44)41-17-8-9-18-41)29-15-14-27-12-6-7-13-28(27)20-29/h3-7,10-15,20,22-23,30,32H,8-9,16-19,21,24-25,37H2,1-2H3,(H,38,45)(H,40,43)/t30-,32?/m1/s1. The average molecular weight is 625 g/mol. The molecule has 1 unspecified atom stereocenters. The van der Waals surface area contributed by atoms with Crippen molar-refractivity contribution in [3.63, 3.8) is 0 Å². The van der Waals surface area contributed by atoms with E-state index in [9.17, 15) is 14.4 Å². The Bertz CT molecular complexity index is 1620. The molecule has 2 atom stereocenters. The van der Waals surface area contributed by atoms with E-state index in [1.807, 2.05) is 47.4 Å². The van der Waals surface area contributed by atoms with Crippen molar-refractivity contribution in [2.45, 2.75) is 57.7 Å². The molecule has 1 aliphatic rings. The van der Waals surface area contributed by atoms with Gasteiger partial charge in [-0.2, -0.15) is 5.10 Å². The van der Waals surface area contributed by atoms with Gasteiger partial charge in [-0.1, -0.05) is 72.8 Å². The molecule has 3 aromatic carbocycles. The summed E-state index contributed by atoms with van der Waals surface area (Å²) in [6.45, 7) is 5.82. The molecule has 0 bridgehead atoms. The lowest BCUT2D eigenvalue weighted by molar-refractivity contribution is -0.132. The van der Waals surface area contributed by atoms with Crippen molar-refractivity contribution in [2.75, 3.05) is 31.6 Å². The second-order valence-electron chi connectivity index (χ2n) is 12.6. The van der Waals surface area contributed by atoms with Gasteiger partial charge in [0.2, 0.25) is 17.7 Å². The van der Waals surface area contributed by atoms with E-state index in [1.54, 1.807) is 30.9 Å². The van der Waals surface area contributed by atoms with E-state index in [4.69, 9.17) is 10.5 Å². The molecule has 4 N–H and O–H groups in total. The highest BCUT2D eigenvalue weighted by molar-refractivity contribution is 5.93. The first kappa shape index (κ1) is 32.8. The zero-order chi connectivity index (χ0) is 32.5. The second kappa shape index (κ2) is 15.2. The number of benzene rings is 3. The topological polar surface area (TPSA) is 132 Å². The van der Waals surface area contributed by atoms with Crippen LogP contribution in [0.1, 0.15) is 50.2 Å². The molecule has 10 heteroatoms. The normalized spacial score (nSPS) is 14.6. The molecule has 1 aliphatic heterocycles. The van der Waals surface area contributed by atoms with Crippen LogP contribution in [-0.2, 0) is 32.3 Å². The summed E-state index contributed by atoms with van der Waals surface area (Å²) in [7, 11) is 0. The van der Waals surface area contributed by atoms with Crippen molar-refractivity contribution in [1.29, 1.82) is 0 Å². The number of hydrogen-bond donors (Lipinski definition) is 3. The number of hydrogen-bond acceptors (Lipinski definition) is 6. The predicted molar refractivity (Wildman–Crippen MR) is 179 cm³/mol. The summed E-state index contributed by atoms with van der Waals surface area (Å²) >= 11 is 0. The number of likely N-dealkylation sites (tertiary alicyclic amines) is 1. The molecule has 242 valence electrons. The molecule has 0 aliphatic carbocycles. The van der Waals surface area contributed by atoms with Crippen LogP contribution in [0.4, 0.5) is 5.69 Å². The molecule has 1 saturated heterocycles. The number of ether oxygens (including phenoxy) is 1. The van der Waals surface area contributed by atoms with Crippen LogP contribution in [0.2, 0.25) is 0 Å². The number of nitrogens with two attached hydrogens (primary N) is 1. The van der Waals surface area contributed by atoms with E-state index in [1.165, 1.54) is 0 Å². The van der Waals surface area contributed by atoms with Gasteiger partial charge in [-0.15, -0.1) is 0 Å². The highest BCUT2D eigenvalue weighted by Crippen LogP contribution is 2.28. The molecule has 10 nitrogen and oxygen atoms in total. The van der Waals surface area contributed by atoms with Crippen LogP contribution in [0, 0.1) is 5.92 Å². The van der Waals surface area contributed by atoms with Gasteiger partial charge in [-0.25, -0.2) is 0 Å². The number of aromatic nitrogens is 2. The number of fused-ring (bicyclic) bond motifs is 1. The number of nitrogens with zero attached hydrogens (tertiary/aromatic N) is 3. The SMILES string of the molecule is CC(C)(N)C(=O)NC[C@H](COCc1ccccc1)C(=O)Nc1cnn(CCC(C(=O)N2CCCC2)c2ccc3ccccc3c2)c1. The van der Waals surface area contributed by atoms with E-state index in [0.29, 0.717) is 25.3 Å². The Hall–Kier alpha value is -4.54. The number of carbonyl (C=O) groups is 3. The van der Waals surface area contributed by atoms with Crippen molar-refractivity contribution in [1.82, 2.24) is 20.0 Å². The highest BCUT2D eigenvalue weighted by Gasteiger charge is 2.29. The fraction of sp³-hybridized carbons (Fsp3) is 0.389. The van der Waals surface area contributed by atoms with E-state index >= 15 is 0 Å². The number of rotatable bonds is 14. The molecule has 0 saturated carbocycles. The molecule has 1 fully saturated rings. The van der Waals surface area contributed by atoms with Crippen LogP contribution in [0.25, 0.3) is 10.8 Å². The molecule has 3 amide bonds. The molecule has 5 rings (SSSR count). The summed E-state index contributed by atoms with van der Waals surface area (Å²) in [4.78, 5) is 41.4. The Labute approximate surface area is 270 Å². The Morgan fingerprint density at radius 1 is 0.978 bits per heavy atom. The Morgan fingerprint density at radius 3 is 2.43 bits per heavy atom.